The third kappa shape index (κ3) is 3.19. The highest BCUT2D eigenvalue weighted by molar-refractivity contribution is 7.89. The van der Waals surface area contributed by atoms with Crippen molar-refractivity contribution in [3.8, 4) is 0 Å². The Hall–Kier alpha value is -1.60. The summed E-state index contributed by atoms with van der Waals surface area (Å²) in [7, 11) is -3.64. The van der Waals surface area contributed by atoms with Crippen molar-refractivity contribution in [2.75, 3.05) is 31.5 Å². The van der Waals surface area contributed by atoms with Gasteiger partial charge >= 0.3 is 0 Å². The standard InChI is InChI=1S/C14H21N3O3S/c1-4-15-12-7-10(2)14(11(3)8-12)21(19,20)17-6-5-16-13(18)9-17/h7-8,15H,4-6,9H2,1-3H3,(H,16,18). The molecule has 7 heteroatoms. The molecule has 1 aromatic carbocycles. The third-order valence-corrected chi connectivity index (χ3v) is 5.59. The molecule has 1 amide bonds. The number of aryl methyl sites for hydroxylation is 2. The Balaban J connectivity index is 2.42. The van der Waals surface area contributed by atoms with Gasteiger partial charge in [0.15, 0.2) is 0 Å². The van der Waals surface area contributed by atoms with Crippen LogP contribution in [0.15, 0.2) is 17.0 Å². The zero-order valence-electron chi connectivity index (χ0n) is 12.6. The molecule has 2 rings (SSSR count). The SMILES string of the molecule is CCNc1cc(C)c(S(=O)(=O)N2CCNC(=O)C2)c(C)c1. The second-order valence-electron chi connectivity index (χ2n) is 5.16. The van der Waals surface area contributed by atoms with Crippen LogP contribution in [0.5, 0.6) is 0 Å². The van der Waals surface area contributed by atoms with E-state index in [1.54, 1.807) is 13.8 Å². The van der Waals surface area contributed by atoms with Gasteiger partial charge in [-0.1, -0.05) is 0 Å². The number of rotatable bonds is 4. The lowest BCUT2D eigenvalue weighted by molar-refractivity contribution is -0.122. The minimum Gasteiger partial charge on any atom is -0.385 e. The van der Waals surface area contributed by atoms with Crippen molar-refractivity contribution in [2.24, 2.45) is 0 Å². The average Bonchev–Trinajstić information content (AvgIpc) is 2.37. The molecule has 0 bridgehead atoms. The van der Waals surface area contributed by atoms with Crippen molar-refractivity contribution >= 4 is 21.6 Å². The van der Waals surface area contributed by atoms with Crippen LogP contribution in [-0.4, -0.2) is 44.8 Å². The van der Waals surface area contributed by atoms with E-state index in [0.29, 0.717) is 29.1 Å². The second-order valence-corrected chi connectivity index (χ2v) is 7.03. The molecule has 0 radical (unpaired) electrons. The van der Waals surface area contributed by atoms with Crippen LogP contribution in [0.3, 0.4) is 0 Å². The molecular formula is C14H21N3O3S. The Morgan fingerprint density at radius 1 is 1.29 bits per heavy atom. The van der Waals surface area contributed by atoms with E-state index in [-0.39, 0.29) is 12.5 Å². The van der Waals surface area contributed by atoms with Crippen molar-refractivity contribution in [2.45, 2.75) is 25.7 Å². The molecule has 1 aromatic rings. The molecule has 0 saturated carbocycles. The minimum absolute atomic E-state index is 0.115. The summed E-state index contributed by atoms with van der Waals surface area (Å²) in [4.78, 5) is 11.7. The Morgan fingerprint density at radius 3 is 2.43 bits per heavy atom. The number of carbonyl (C=O) groups is 1. The first-order chi connectivity index (χ1) is 9.86. The van der Waals surface area contributed by atoms with E-state index in [2.05, 4.69) is 10.6 Å². The van der Waals surface area contributed by atoms with Crippen molar-refractivity contribution < 1.29 is 13.2 Å². The topological polar surface area (TPSA) is 78.5 Å². The molecule has 6 nitrogen and oxygen atoms in total. The maximum Gasteiger partial charge on any atom is 0.244 e. The van der Waals surface area contributed by atoms with E-state index in [1.807, 2.05) is 19.1 Å². The summed E-state index contributed by atoms with van der Waals surface area (Å²) in [5.74, 6) is -0.260. The lowest BCUT2D eigenvalue weighted by Crippen LogP contribution is -2.50. The molecule has 1 aliphatic rings. The van der Waals surface area contributed by atoms with Crippen LogP contribution >= 0.6 is 0 Å². The van der Waals surface area contributed by atoms with E-state index in [1.165, 1.54) is 4.31 Å². The second kappa shape index (κ2) is 6.03. The number of sulfonamides is 1. The van der Waals surface area contributed by atoms with Crippen LogP contribution in [0.25, 0.3) is 0 Å². The highest BCUT2D eigenvalue weighted by atomic mass is 32.2. The van der Waals surface area contributed by atoms with E-state index < -0.39 is 10.0 Å². The molecular weight excluding hydrogens is 290 g/mol. The maximum atomic E-state index is 12.8. The van der Waals surface area contributed by atoms with E-state index in [4.69, 9.17) is 0 Å². The molecule has 116 valence electrons. The summed E-state index contributed by atoms with van der Waals surface area (Å²) in [6.45, 7) is 6.87. The highest BCUT2D eigenvalue weighted by Gasteiger charge is 2.31. The normalized spacial score (nSPS) is 16.6. The van der Waals surface area contributed by atoms with Crippen LogP contribution in [0.1, 0.15) is 18.1 Å². The quantitative estimate of drug-likeness (QED) is 0.864. The van der Waals surface area contributed by atoms with Crippen molar-refractivity contribution in [1.82, 2.24) is 9.62 Å². The first-order valence-corrected chi connectivity index (χ1v) is 8.42. The summed E-state index contributed by atoms with van der Waals surface area (Å²) in [5, 5.41) is 5.82. The number of nitrogens with zero attached hydrogens (tertiary/aromatic N) is 1. The van der Waals surface area contributed by atoms with Crippen LogP contribution < -0.4 is 10.6 Å². The molecule has 0 spiro atoms. The van der Waals surface area contributed by atoms with Gasteiger partial charge in [-0.3, -0.25) is 4.79 Å². The fourth-order valence-electron chi connectivity index (χ4n) is 2.61. The Labute approximate surface area is 125 Å². The number of carbonyl (C=O) groups excluding carboxylic acids is 1. The van der Waals surface area contributed by atoms with Crippen LogP contribution in [0.4, 0.5) is 5.69 Å². The molecule has 0 atom stereocenters. The molecule has 0 aliphatic carbocycles. The number of amides is 1. The van der Waals surface area contributed by atoms with Gasteiger partial charge in [0.1, 0.15) is 0 Å². The van der Waals surface area contributed by atoms with Gasteiger partial charge in [0.2, 0.25) is 15.9 Å². The molecule has 2 N–H and O–H groups in total. The van der Waals surface area contributed by atoms with E-state index in [0.717, 1.165) is 12.2 Å². The Morgan fingerprint density at radius 2 is 1.90 bits per heavy atom. The molecule has 1 saturated heterocycles. The zero-order chi connectivity index (χ0) is 15.6. The van der Waals surface area contributed by atoms with Gasteiger partial charge in [-0.15, -0.1) is 0 Å². The summed E-state index contributed by atoms with van der Waals surface area (Å²) in [5.41, 5.74) is 2.29. The predicted octanol–water partition coefficient (Wildman–Crippen LogP) is 0.856. The lowest BCUT2D eigenvalue weighted by atomic mass is 10.1. The van der Waals surface area contributed by atoms with Gasteiger partial charge in [0.25, 0.3) is 0 Å². The minimum atomic E-state index is -3.64. The first kappa shape index (κ1) is 15.8. The summed E-state index contributed by atoms with van der Waals surface area (Å²) >= 11 is 0. The largest absolute Gasteiger partial charge is 0.385 e. The molecule has 1 heterocycles. The zero-order valence-corrected chi connectivity index (χ0v) is 13.4. The molecule has 1 aliphatic heterocycles. The molecule has 1 fully saturated rings. The van der Waals surface area contributed by atoms with Gasteiger partial charge < -0.3 is 10.6 Å². The number of benzene rings is 1. The maximum absolute atomic E-state index is 12.8. The van der Waals surface area contributed by atoms with Gasteiger partial charge in [0.05, 0.1) is 11.4 Å². The van der Waals surface area contributed by atoms with Crippen molar-refractivity contribution in [1.29, 1.82) is 0 Å². The number of nitrogens with one attached hydrogen (secondary N) is 2. The summed E-state index contributed by atoms with van der Waals surface area (Å²) < 4.78 is 26.8. The number of anilines is 1. The average molecular weight is 311 g/mol. The van der Waals surface area contributed by atoms with Gasteiger partial charge in [-0.05, 0) is 44.0 Å². The van der Waals surface area contributed by atoms with Crippen LogP contribution in [-0.2, 0) is 14.8 Å². The Kier molecular flexibility index (Phi) is 4.53. The summed E-state index contributed by atoms with van der Waals surface area (Å²) in [6, 6.07) is 3.65. The Bertz CT molecular complexity index is 632. The van der Waals surface area contributed by atoms with Gasteiger partial charge in [0, 0.05) is 25.3 Å². The van der Waals surface area contributed by atoms with Crippen molar-refractivity contribution in [3.63, 3.8) is 0 Å². The van der Waals surface area contributed by atoms with E-state index >= 15 is 0 Å². The van der Waals surface area contributed by atoms with E-state index in [9.17, 15) is 13.2 Å². The molecule has 0 aromatic heterocycles. The van der Waals surface area contributed by atoms with Crippen LogP contribution in [0.2, 0.25) is 0 Å². The first-order valence-electron chi connectivity index (χ1n) is 6.98. The van der Waals surface area contributed by atoms with Crippen molar-refractivity contribution in [3.05, 3.63) is 23.3 Å². The third-order valence-electron chi connectivity index (χ3n) is 3.44. The fraction of sp³-hybridized carbons (Fsp3) is 0.500. The molecule has 21 heavy (non-hydrogen) atoms. The monoisotopic (exact) mass is 311 g/mol. The highest BCUT2D eigenvalue weighted by Crippen LogP contribution is 2.27. The predicted molar refractivity (Wildman–Crippen MR) is 81.8 cm³/mol. The number of piperazine rings is 1. The van der Waals surface area contributed by atoms with Gasteiger partial charge in [-0.2, -0.15) is 4.31 Å². The summed E-state index contributed by atoms with van der Waals surface area (Å²) in [6.07, 6.45) is 0. The smallest absolute Gasteiger partial charge is 0.244 e. The molecule has 0 unspecified atom stereocenters. The van der Waals surface area contributed by atoms with Gasteiger partial charge in [-0.25, -0.2) is 8.42 Å². The number of hydrogen-bond donors (Lipinski definition) is 2. The number of hydrogen-bond acceptors (Lipinski definition) is 4. The van der Waals surface area contributed by atoms with Crippen LogP contribution in [0, 0.1) is 13.8 Å². The fourth-order valence-corrected chi connectivity index (χ4v) is 4.42. The lowest BCUT2D eigenvalue weighted by Gasteiger charge is -2.27.